The monoisotopic (exact) mass is 358 g/mol. The van der Waals surface area contributed by atoms with Gasteiger partial charge in [-0.2, -0.15) is 5.10 Å². The van der Waals surface area contributed by atoms with Gasteiger partial charge in [0.2, 0.25) is 0 Å². The molecule has 1 aromatic heterocycles. The lowest BCUT2D eigenvalue weighted by Crippen LogP contribution is -2.52. The van der Waals surface area contributed by atoms with Crippen LogP contribution < -0.4 is 4.74 Å². The number of aliphatic hydroxyl groups excluding tert-OH is 1. The molecule has 1 saturated heterocycles. The lowest BCUT2D eigenvalue weighted by atomic mass is 10.1. The van der Waals surface area contributed by atoms with Crippen LogP contribution in [0.5, 0.6) is 5.75 Å². The number of aryl methyl sites for hydroxylation is 1. The molecule has 1 fully saturated rings. The van der Waals surface area contributed by atoms with Crippen LogP contribution in [0.25, 0.3) is 0 Å². The van der Waals surface area contributed by atoms with Crippen molar-refractivity contribution in [2.24, 2.45) is 0 Å². The summed E-state index contributed by atoms with van der Waals surface area (Å²) in [4.78, 5) is 4.92. The van der Waals surface area contributed by atoms with Crippen LogP contribution in [-0.4, -0.2) is 64.0 Å². The van der Waals surface area contributed by atoms with Gasteiger partial charge in [-0.25, -0.2) is 0 Å². The quantitative estimate of drug-likeness (QED) is 0.757. The summed E-state index contributed by atoms with van der Waals surface area (Å²) in [5.41, 5.74) is 3.47. The molecule has 142 valence electrons. The van der Waals surface area contributed by atoms with Crippen molar-refractivity contribution in [3.05, 3.63) is 47.3 Å². The Morgan fingerprint density at radius 3 is 2.69 bits per heavy atom. The molecule has 0 radical (unpaired) electrons. The Morgan fingerprint density at radius 1 is 1.23 bits per heavy atom. The maximum absolute atomic E-state index is 9.50. The highest BCUT2D eigenvalue weighted by molar-refractivity contribution is 5.27. The molecule has 6 nitrogen and oxygen atoms in total. The predicted octanol–water partition coefficient (Wildman–Crippen LogP) is 2.19. The molecule has 2 aromatic rings. The van der Waals surface area contributed by atoms with E-state index in [4.69, 9.17) is 4.74 Å². The van der Waals surface area contributed by atoms with Gasteiger partial charge in [0, 0.05) is 51.1 Å². The Kier molecular flexibility index (Phi) is 6.66. The fraction of sp³-hybridized carbons (Fsp3) is 0.550. The first kappa shape index (κ1) is 18.9. The van der Waals surface area contributed by atoms with E-state index in [1.165, 1.54) is 5.56 Å². The molecular weight excluding hydrogens is 328 g/mol. The van der Waals surface area contributed by atoms with Gasteiger partial charge >= 0.3 is 0 Å². The number of piperazine rings is 1. The van der Waals surface area contributed by atoms with Crippen LogP contribution in [0.15, 0.2) is 30.3 Å². The number of ether oxygens (including phenoxy) is 1. The second-order valence-corrected chi connectivity index (χ2v) is 6.99. The van der Waals surface area contributed by atoms with Crippen LogP contribution in [0.4, 0.5) is 0 Å². The molecule has 6 heteroatoms. The number of aromatic amines is 1. The standard InChI is InChI=1S/C20H30N4O2/c1-3-26-20-6-4-17(5-7-20)13-24-10-9-23(15-19(24)8-11-25)14-18-12-16(2)21-22-18/h4-7,12,19,25H,3,8-11,13-15H2,1-2H3,(H,21,22)/t19-/m1/s1. The average Bonchev–Trinajstić information content (AvgIpc) is 3.04. The third kappa shape index (κ3) is 5.06. The second-order valence-electron chi connectivity index (χ2n) is 6.99. The molecule has 0 saturated carbocycles. The Bertz CT molecular complexity index is 671. The van der Waals surface area contributed by atoms with E-state index in [0.717, 1.165) is 56.3 Å². The number of benzene rings is 1. The van der Waals surface area contributed by atoms with Gasteiger partial charge in [-0.3, -0.25) is 14.9 Å². The number of hydrogen-bond acceptors (Lipinski definition) is 5. The summed E-state index contributed by atoms with van der Waals surface area (Å²) < 4.78 is 5.52. The van der Waals surface area contributed by atoms with Gasteiger partial charge < -0.3 is 9.84 Å². The van der Waals surface area contributed by atoms with E-state index in [9.17, 15) is 5.11 Å². The molecule has 2 heterocycles. The molecule has 0 unspecified atom stereocenters. The van der Waals surface area contributed by atoms with Gasteiger partial charge in [0.25, 0.3) is 0 Å². The summed E-state index contributed by atoms with van der Waals surface area (Å²) >= 11 is 0. The second kappa shape index (κ2) is 9.16. The smallest absolute Gasteiger partial charge is 0.119 e. The Labute approximate surface area is 155 Å². The van der Waals surface area contributed by atoms with E-state index in [1.807, 2.05) is 26.0 Å². The molecule has 0 spiro atoms. The molecule has 0 amide bonds. The molecule has 3 rings (SSSR count). The minimum atomic E-state index is 0.222. The number of nitrogens with one attached hydrogen (secondary N) is 1. The summed E-state index contributed by atoms with van der Waals surface area (Å²) in [6.45, 7) is 9.69. The van der Waals surface area contributed by atoms with Crippen LogP contribution >= 0.6 is 0 Å². The minimum absolute atomic E-state index is 0.222. The summed E-state index contributed by atoms with van der Waals surface area (Å²) in [6.07, 6.45) is 0.799. The topological polar surface area (TPSA) is 64.6 Å². The molecule has 1 aliphatic rings. The Hall–Kier alpha value is -1.89. The SMILES string of the molecule is CCOc1ccc(CN2CCN(Cc3cc(C)[nH]n3)C[C@H]2CCO)cc1. The summed E-state index contributed by atoms with van der Waals surface area (Å²) in [6, 6.07) is 10.8. The van der Waals surface area contributed by atoms with E-state index < -0.39 is 0 Å². The number of aromatic nitrogens is 2. The van der Waals surface area contributed by atoms with Gasteiger partial charge in [-0.05, 0) is 44.0 Å². The number of H-pyrrole nitrogens is 1. The van der Waals surface area contributed by atoms with E-state index in [1.54, 1.807) is 0 Å². The summed E-state index contributed by atoms with van der Waals surface area (Å²) in [7, 11) is 0. The summed E-state index contributed by atoms with van der Waals surface area (Å²) in [5, 5.41) is 16.9. The minimum Gasteiger partial charge on any atom is -0.494 e. The molecule has 2 N–H and O–H groups in total. The van der Waals surface area contributed by atoms with Gasteiger partial charge in [0.1, 0.15) is 5.75 Å². The van der Waals surface area contributed by atoms with Crippen molar-refractivity contribution in [1.29, 1.82) is 0 Å². The van der Waals surface area contributed by atoms with Gasteiger partial charge in [0.05, 0.1) is 12.3 Å². The third-order valence-corrected chi connectivity index (χ3v) is 4.92. The van der Waals surface area contributed by atoms with Gasteiger partial charge in [-0.15, -0.1) is 0 Å². The first-order valence-electron chi connectivity index (χ1n) is 9.48. The van der Waals surface area contributed by atoms with Crippen molar-refractivity contribution >= 4 is 0 Å². The highest BCUT2D eigenvalue weighted by Gasteiger charge is 2.27. The molecule has 0 aliphatic carbocycles. The van der Waals surface area contributed by atoms with Crippen molar-refractivity contribution in [3.8, 4) is 5.75 Å². The number of aliphatic hydroxyl groups is 1. The van der Waals surface area contributed by atoms with Crippen molar-refractivity contribution in [2.75, 3.05) is 32.8 Å². The fourth-order valence-corrected chi connectivity index (χ4v) is 3.61. The lowest BCUT2D eigenvalue weighted by molar-refractivity contribution is 0.0494. The first-order chi connectivity index (χ1) is 12.7. The van der Waals surface area contributed by atoms with Crippen LogP contribution in [0, 0.1) is 6.92 Å². The molecule has 1 aliphatic heterocycles. The van der Waals surface area contributed by atoms with Crippen molar-refractivity contribution < 1.29 is 9.84 Å². The van der Waals surface area contributed by atoms with E-state index in [-0.39, 0.29) is 6.61 Å². The zero-order chi connectivity index (χ0) is 18.4. The zero-order valence-corrected chi connectivity index (χ0v) is 15.8. The number of nitrogens with zero attached hydrogens (tertiary/aromatic N) is 3. The highest BCUT2D eigenvalue weighted by atomic mass is 16.5. The van der Waals surface area contributed by atoms with E-state index in [0.29, 0.717) is 12.6 Å². The largest absolute Gasteiger partial charge is 0.494 e. The number of hydrogen-bond donors (Lipinski definition) is 2. The molecule has 26 heavy (non-hydrogen) atoms. The van der Waals surface area contributed by atoms with Crippen LogP contribution in [-0.2, 0) is 13.1 Å². The predicted molar refractivity (Wildman–Crippen MR) is 102 cm³/mol. The lowest BCUT2D eigenvalue weighted by Gasteiger charge is -2.41. The van der Waals surface area contributed by atoms with Crippen LogP contribution in [0.1, 0.15) is 30.3 Å². The molecule has 0 bridgehead atoms. The van der Waals surface area contributed by atoms with Gasteiger partial charge in [0.15, 0.2) is 0 Å². The van der Waals surface area contributed by atoms with Crippen molar-refractivity contribution in [2.45, 2.75) is 39.4 Å². The number of rotatable bonds is 8. The Balaban J connectivity index is 1.59. The maximum atomic E-state index is 9.50. The maximum Gasteiger partial charge on any atom is 0.119 e. The first-order valence-corrected chi connectivity index (χ1v) is 9.48. The average molecular weight is 358 g/mol. The zero-order valence-electron chi connectivity index (χ0n) is 15.8. The van der Waals surface area contributed by atoms with Crippen molar-refractivity contribution in [1.82, 2.24) is 20.0 Å². The van der Waals surface area contributed by atoms with Crippen LogP contribution in [0.3, 0.4) is 0 Å². The molecule has 1 aromatic carbocycles. The van der Waals surface area contributed by atoms with E-state index in [2.05, 4.69) is 38.2 Å². The van der Waals surface area contributed by atoms with E-state index >= 15 is 0 Å². The normalized spacial score (nSPS) is 19.0. The third-order valence-electron chi connectivity index (χ3n) is 4.92. The highest BCUT2D eigenvalue weighted by Crippen LogP contribution is 2.20. The van der Waals surface area contributed by atoms with Crippen molar-refractivity contribution in [3.63, 3.8) is 0 Å². The fourth-order valence-electron chi connectivity index (χ4n) is 3.61. The summed E-state index contributed by atoms with van der Waals surface area (Å²) in [5.74, 6) is 0.919. The van der Waals surface area contributed by atoms with Crippen LogP contribution in [0.2, 0.25) is 0 Å². The Morgan fingerprint density at radius 2 is 2.04 bits per heavy atom. The van der Waals surface area contributed by atoms with Gasteiger partial charge in [-0.1, -0.05) is 12.1 Å². The molecular formula is C20H30N4O2. The molecule has 1 atom stereocenters.